The highest BCUT2D eigenvalue weighted by Crippen LogP contribution is 2.30. The summed E-state index contributed by atoms with van der Waals surface area (Å²) in [5.41, 5.74) is 1.56. The average Bonchev–Trinajstić information content (AvgIpc) is 3.02. The molecule has 1 amide bonds. The molecule has 1 aromatic heterocycles. The monoisotopic (exact) mass is 366 g/mol. The van der Waals surface area contributed by atoms with Crippen molar-refractivity contribution in [3.05, 3.63) is 41.3 Å². The van der Waals surface area contributed by atoms with Gasteiger partial charge < -0.3 is 9.64 Å². The maximum atomic E-state index is 12.7. The van der Waals surface area contributed by atoms with E-state index in [4.69, 9.17) is 4.74 Å². The molecule has 128 valence electrons. The van der Waals surface area contributed by atoms with Gasteiger partial charge in [0.05, 0.1) is 19.3 Å². The van der Waals surface area contributed by atoms with Crippen LogP contribution >= 0.6 is 11.3 Å². The van der Waals surface area contributed by atoms with Crippen LogP contribution in [-0.4, -0.2) is 45.4 Å². The van der Waals surface area contributed by atoms with Crippen LogP contribution in [0.15, 0.2) is 39.9 Å². The molecule has 0 spiro atoms. The molecule has 0 unspecified atom stereocenters. The van der Waals surface area contributed by atoms with Gasteiger partial charge >= 0.3 is 0 Å². The van der Waals surface area contributed by atoms with Gasteiger partial charge in [-0.1, -0.05) is 12.1 Å². The number of hydrogen-bond acceptors (Lipinski definition) is 5. The number of hydrogen-bond donors (Lipinski definition) is 0. The number of nitrogens with zero attached hydrogens (tertiary/aromatic N) is 2. The molecule has 6 nitrogen and oxygen atoms in total. The number of para-hydroxylation sites is 2. The second-order valence-corrected chi connectivity index (χ2v) is 8.57. The van der Waals surface area contributed by atoms with Crippen molar-refractivity contribution in [1.29, 1.82) is 0 Å². The van der Waals surface area contributed by atoms with Crippen LogP contribution in [0.4, 0.5) is 5.69 Å². The number of carbonyl (C=O) groups excluding carboxylic acids is 1. The van der Waals surface area contributed by atoms with Gasteiger partial charge in [-0.05, 0) is 36.1 Å². The Balaban J connectivity index is 1.82. The summed E-state index contributed by atoms with van der Waals surface area (Å²) < 4.78 is 32.1. The average molecular weight is 366 g/mol. The number of aryl methyl sites for hydroxylation is 1. The summed E-state index contributed by atoms with van der Waals surface area (Å²) in [6.45, 7) is 2.23. The molecule has 1 aliphatic rings. The van der Waals surface area contributed by atoms with E-state index in [0.29, 0.717) is 18.0 Å². The van der Waals surface area contributed by atoms with E-state index in [1.54, 1.807) is 35.6 Å². The SMILES string of the molecule is COc1ccccc1N1CCN(S(=O)(=O)c2cc(C)cs2)CC1=O. The van der Waals surface area contributed by atoms with Gasteiger partial charge in [0.15, 0.2) is 0 Å². The Hall–Kier alpha value is -1.90. The summed E-state index contributed by atoms with van der Waals surface area (Å²) in [5.74, 6) is 0.332. The first-order valence-corrected chi connectivity index (χ1v) is 9.74. The number of sulfonamides is 1. The van der Waals surface area contributed by atoms with Gasteiger partial charge in [-0.2, -0.15) is 4.31 Å². The van der Waals surface area contributed by atoms with Gasteiger partial charge in [-0.15, -0.1) is 11.3 Å². The van der Waals surface area contributed by atoms with E-state index in [1.165, 1.54) is 15.6 Å². The maximum absolute atomic E-state index is 12.7. The van der Waals surface area contributed by atoms with Gasteiger partial charge in [-0.3, -0.25) is 4.79 Å². The van der Waals surface area contributed by atoms with Crippen LogP contribution in [0.5, 0.6) is 5.75 Å². The van der Waals surface area contributed by atoms with E-state index in [-0.39, 0.29) is 23.2 Å². The molecule has 1 saturated heterocycles. The fourth-order valence-electron chi connectivity index (χ4n) is 2.63. The molecule has 0 radical (unpaired) electrons. The van der Waals surface area contributed by atoms with Gasteiger partial charge in [0.1, 0.15) is 9.96 Å². The molecular formula is C16H18N2O4S2. The third-order valence-corrected chi connectivity index (χ3v) is 7.24. The largest absolute Gasteiger partial charge is 0.495 e. The Labute approximate surface area is 145 Å². The van der Waals surface area contributed by atoms with Crippen molar-refractivity contribution in [3.8, 4) is 5.75 Å². The number of rotatable bonds is 4. The van der Waals surface area contributed by atoms with Crippen molar-refractivity contribution in [2.45, 2.75) is 11.1 Å². The van der Waals surface area contributed by atoms with Gasteiger partial charge in [0.2, 0.25) is 5.91 Å². The van der Waals surface area contributed by atoms with Crippen LogP contribution < -0.4 is 9.64 Å². The Bertz CT molecular complexity index is 860. The zero-order valence-electron chi connectivity index (χ0n) is 13.4. The number of piperazine rings is 1. The van der Waals surface area contributed by atoms with E-state index in [1.807, 2.05) is 19.1 Å². The van der Waals surface area contributed by atoms with E-state index in [0.717, 1.165) is 5.56 Å². The summed E-state index contributed by atoms with van der Waals surface area (Å²) in [4.78, 5) is 14.1. The summed E-state index contributed by atoms with van der Waals surface area (Å²) in [7, 11) is -2.08. The van der Waals surface area contributed by atoms with Crippen LogP contribution in [0.1, 0.15) is 5.56 Å². The van der Waals surface area contributed by atoms with Gasteiger partial charge in [-0.25, -0.2) is 8.42 Å². The van der Waals surface area contributed by atoms with Crippen molar-refractivity contribution in [3.63, 3.8) is 0 Å². The quantitative estimate of drug-likeness (QED) is 0.831. The Morgan fingerprint density at radius 3 is 2.58 bits per heavy atom. The molecule has 2 aromatic rings. The minimum Gasteiger partial charge on any atom is -0.495 e. The molecule has 0 N–H and O–H groups in total. The zero-order valence-corrected chi connectivity index (χ0v) is 15.1. The third-order valence-electron chi connectivity index (χ3n) is 3.86. The minimum absolute atomic E-state index is 0.169. The van der Waals surface area contributed by atoms with Crippen molar-refractivity contribution in [2.24, 2.45) is 0 Å². The fraction of sp³-hybridized carbons (Fsp3) is 0.312. The standard InChI is InChI=1S/C16H18N2O4S2/c1-12-9-16(23-11-12)24(20,21)17-7-8-18(15(19)10-17)13-5-3-4-6-14(13)22-2/h3-6,9,11H,7-8,10H2,1-2H3. The topological polar surface area (TPSA) is 66.9 Å². The Morgan fingerprint density at radius 1 is 1.21 bits per heavy atom. The number of anilines is 1. The molecule has 0 bridgehead atoms. The lowest BCUT2D eigenvalue weighted by atomic mass is 10.2. The summed E-state index contributed by atoms with van der Waals surface area (Å²) in [5, 5.41) is 1.79. The molecule has 0 aliphatic carbocycles. The van der Waals surface area contributed by atoms with Crippen molar-refractivity contribution in [1.82, 2.24) is 4.31 Å². The van der Waals surface area contributed by atoms with E-state index < -0.39 is 10.0 Å². The van der Waals surface area contributed by atoms with Crippen LogP contribution in [0, 0.1) is 6.92 Å². The molecule has 0 atom stereocenters. The highest BCUT2D eigenvalue weighted by atomic mass is 32.2. The second kappa shape index (κ2) is 6.54. The first-order valence-electron chi connectivity index (χ1n) is 7.42. The van der Waals surface area contributed by atoms with Crippen molar-refractivity contribution in [2.75, 3.05) is 31.6 Å². The first-order chi connectivity index (χ1) is 11.4. The van der Waals surface area contributed by atoms with E-state index in [2.05, 4.69) is 0 Å². The zero-order chi connectivity index (χ0) is 17.3. The molecule has 1 aromatic carbocycles. The normalized spacial score (nSPS) is 16.4. The number of carbonyl (C=O) groups is 1. The molecule has 8 heteroatoms. The number of thiophene rings is 1. The number of amides is 1. The second-order valence-electron chi connectivity index (χ2n) is 5.50. The lowest BCUT2D eigenvalue weighted by molar-refractivity contribution is -0.120. The Morgan fingerprint density at radius 2 is 1.96 bits per heavy atom. The summed E-state index contributed by atoms with van der Waals surface area (Å²) >= 11 is 1.18. The lowest BCUT2D eigenvalue weighted by Crippen LogP contribution is -2.52. The minimum atomic E-state index is -3.62. The smallest absolute Gasteiger partial charge is 0.253 e. The maximum Gasteiger partial charge on any atom is 0.253 e. The molecular weight excluding hydrogens is 348 g/mol. The first kappa shape index (κ1) is 16.9. The van der Waals surface area contributed by atoms with E-state index in [9.17, 15) is 13.2 Å². The van der Waals surface area contributed by atoms with Gasteiger partial charge in [0.25, 0.3) is 10.0 Å². The molecule has 0 saturated carbocycles. The van der Waals surface area contributed by atoms with Crippen molar-refractivity contribution < 1.29 is 17.9 Å². The van der Waals surface area contributed by atoms with E-state index >= 15 is 0 Å². The molecule has 2 heterocycles. The van der Waals surface area contributed by atoms with Crippen LogP contribution in [-0.2, 0) is 14.8 Å². The number of benzene rings is 1. The molecule has 3 rings (SSSR count). The predicted octanol–water partition coefficient (Wildman–Crippen LogP) is 2.10. The molecule has 1 aliphatic heterocycles. The van der Waals surface area contributed by atoms with Crippen LogP contribution in [0.25, 0.3) is 0 Å². The van der Waals surface area contributed by atoms with Crippen molar-refractivity contribution >= 4 is 33.0 Å². The Kier molecular flexibility index (Phi) is 4.62. The predicted molar refractivity (Wildman–Crippen MR) is 93.2 cm³/mol. The number of methoxy groups -OCH3 is 1. The van der Waals surface area contributed by atoms with Crippen LogP contribution in [0.2, 0.25) is 0 Å². The van der Waals surface area contributed by atoms with Gasteiger partial charge in [0, 0.05) is 13.1 Å². The highest BCUT2D eigenvalue weighted by molar-refractivity contribution is 7.91. The third kappa shape index (κ3) is 3.04. The fourth-order valence-corrected chi connectivity index (χ4v) is 5.39. The van der Waals surface area contributed by atoms with Crippen LogP contribution in [0.3, 0.4) is 0 Å². The summed E-state index contributed by atoms with van der Waals surface area (Å²) in [6.07, 6.45) is 0. The lowest BCUT2D eigenvalue weighted by Gasteiger charge is -2.33. The summed E-state index contributed by atoms with van der Waals surface area (Å²) in [6, 6.07) is 8.86. The number of ether oxygens (including phenoxy) is 1. The molecule has 1 fully saturated rings. The highest BCUT2D eigenvalue weighted by Gasteiger charge is 2.34. The molecule has 24 heavy (non-hydrogen) atoms.